The third-order valence-corrected chi connectivity index (χ3v) is 5.24. The third kappa shape index (κ3) is 1.83. The predicted octanol–water partition coefficient (Wildman–Crippen LogP) is 4.15. The van der Waals surface area contributed by atoms with Crippen molar-refractivity contribution in [2.45, 2.75) is 67.6 Å². The predicted molar refractivity (Wildman–Crippen MR) is 62.2 cm³/mol. The Morgan fingerprint density at radius 3 is 1.33 bits per heavy atom. The van der Waals surface area contributed by atoms with Crippen molar-refractivity contribution in [3.8, 4) is 0 Å². The molecule has 0 radical (unpaired) electrons. The molecular weight excluding hydrogens is 188 g/mol. The lowest BCUT2D eigenvalue weighted by Gasteiger charge is -2.51. The van der Waals surface area contributed by atoms with Gasteiger partial charge >= 0.3 is 0 Å². The van der Waals surface area contributed by atoms with Crippen LogP contribution in [0.15, 0.2) is 0 Å². The maximum Gasteiger partial charge on any atom is 0.230 e. The van der Waals surface area contributed by atoms with Crippen molar-refractivity contribution in [3.63, 3.8) is 0 Å². The molecule has 90 valence electrons. The van der Waals surface area contributed by atoms with E-state index in [1.54, 1.807) is 0 Å². The van der Waals surface area contributed by atoms with Crippen LogP contribution in [-0.2, 0) is 9.78 Å². The molecule has 0 aromatic rings. The van der Waals surface area contributed by atoms with Crippen molar-refractivity contribution in [1.82, 2.24) is 0 Å². The molecule has 1 aliphatic heterocycles. The largest absolute Gasteiger partial charge is 0.230 e. The standard InChI is InChI=1S/C13H26O2/c1-8-11(3,4)13(7,10-14-15-10)12(5,6)9-2/h10H,8-9H2,1-7H3. The molecule has 1 fully saturated rings. The highest BCUT2D eigenvalue weighted by Crippen LogP contribution is 2.60. The zero-order valence-electron chi connectivity index (χ0n) is 11.3. The summed E-state index contributed by atoms with van der Waals surface area (Å²) in [5.74, 6) is 0. The molecule has 2 heteroatoms. The van der Waals surface area contributed by atoms with Gasteiger partial charge in [-0.3, -0.25) is 0 Å². The molecule has 0 saturated carbocycles. The van der Waals surface area contributed by atoms with E-state index in [2.05, 4.69) is 48.5 Å². The summed E-state index contributed by atoms with van der Waals surface area (Å²) in [6.07, 6.45) is 2.24. The molecule has 0 unspecified atom stereocenters. The Balaban J connectivity index is 3.08. The minimum atomic E-state index is -0.0256. The van der Waals surface area contributed by atoms with E-state index in [-0.39, 0.29) is 22.5 Å². The molecule has 0 atom stereocenters. The van der Waals surface area contributed by atoms with E-state index >= 15 is 0 Å². The monoisotopic (exact) mass is 214 g/mol. The van der Waals surface area contributed by atoms with Crippen molar-refractivity contribution in [3.05, 3.63) is 0 Å². The second-order valence-corrected chi connectivity index (χ2v) is 6.20. The average Bonchev–Trinajstić information content (AvgIpc) is 2.99. The van der Waals surface area contributed by atoms with Gasteiger partial charge < -0.3 is 0 Å². The summed E-state index contributed by atoms with van der Waals surface area (Å²) < 4.78 is 0. The van der Waals surface area contributed by atoms with Gasteiger partial charge in [-0.05, 0) is 10.8 Å². The summed E-state index contributed by atoms with van der Waals surface area (Å²) in [5, 5.41) is 0. The van der Waals surface area contributed by atoms with E-state index in [1.165, 1.54) is 0 Å². The van der Waals surface area contributed by atoms with Gasteiger partial charge in [0.1, 0.15) is 0 Å². The van der Waals surface area contributed by atoms with Gasteiger partial charge in [0.15, 0.2) is 0 Å². The fourth-order valence-electron chi connectivity index (χ4n) is 2.51. The first-order valence-electron chi connectivity index (χ1n) is 6.05. The van der Waals surface area contributed by atoms with Gasteiger partial charge in [-0.25, -0.2) is 0 Å². The molecular formula is C13H26O2. The van der Waals surface area contributed by atoms with Gasteiger partial charge in [-0.2, -0.15) is 9.78 Å². The fourth-order valence-corrected chi connectivity index (χ4v) is 2.51. The normalized spacial score (nSPS) is 19.4. The molecule has 0 aromatic heterocycles. The first kappa shape index (κ1) is 13.0. The van der Waals surface area contributed by atoms with Crippen LogP contribution >= 0.6 is 0 Å². The van der Waals surface area contributed by atoms with Gasteiger partial charge in [-0.15, -0.1) is 0 Å². The summed E-state index contributed by atoms with van der Waals surface area (Å²) in [4.78, 5) is 10.3. The summed E-state index contributed by atoms with van der Waals surface area (Å²) in [6.45, 7) is 16.0. The molecule has 0 aliphatic carbocycles. The first-order chi connectivity index (χ1) is 6.73. The van der Waals surface area contributed by atoms with Crippen molar-refractivity contribution < 1.29 is 9.78 Å². The van der Waals surface area contributed by atoms with E-state index in [0.717, 1.165) is 12.8 Å². The van der Waals surface area contributed by atoms with Gasteiger partial charge in [0, 0.05) is 5.41 Å². The second-order valence-electron chi connectivity index (χ2n) is 6.20. The van der Waals surface area contributed by atoms with Crippen molar-refractivity contribution >= 4 is 0 Å². The SMILES string of the molecule is CCC(C)(C)C(C)(C1OO1)C(C)(C)CC. The molecule has 1 aliphatic rings. The lowest BCUT2D eigenvalue weighted by Crippen LogP contribution is -2.50. The Labute approximate surface area is 94.3 Å². The van der Waals surface area contributed by atoms with E-state index in [4.69, 9.17) is 9.78 Å². The van der Waals surface area contributed by atoms with Crippen molar-refractivity contribution in [2.24, 2.45) is 16.2 Å². The molecule has 2 nitrogen and oxygen atoms in total. The van der Waals surface area contributed by atoms with Crippen molar-refractivity contribution in [2.75, 3.05) is 0 Å². The van der Waals surface area contributed by atoms with Crippen molar-refractivity contribution in [1.29, 1.82) is 0 Å². The molecule has 0 bridgehead atoms. The second kappa shape index (κ2) is 3.74. The smallest absolute Gasteiger partial charge is 0.198 e. The Bertz CT molecular complexity index is 211. The van der Waals surface area contributed by atoms with Crippen LogP contribution in [-0.4, -0.2) is 6.29 Å². The summed E-state index contributed by atoms with van der Waals surface area (Å²) >= 11 is 0. The lowest BCUT2D eigenvalue weighted by molar-refractivity contribution is -0.0675. The molecule has 1 rings (SSSR count). The summed E-state index contributed by atoms with van der Waals surface area (Å²) in [6, 6.07) is 0. The zero-order chi connectivity index (χ0) is 11.9. The molecule has 1 saturated heterocycles. The minimum Gasteiger partial charge on any atom is -0.198 e. The Morgan fingerprint density at radius 1 is 0.800 bits per heavy atom. The number of hydrogen-bond acceptors (Lipinski definition) is 2. The highest BCUT2D eigenvalue weighted by Gasteiger charge is 2.61. The highest BCUT2D eigenvalue weighted by molar-refractivity contribution is 5.01. The van der Waals surface area contributed by atoms with E-state index in [9.17, 15) is 0 Å². The molecule has 0 spiro atoms. The Morgan fingerprint density at radius 2 is 1.13 bits per heavy atom. The number of hydrogen-bond donors (Lipinski definition) is 0. The topological polar surface area (TPSA) is 25.1 Å². The number of rotatable bonds is 5. The van der Waals surface area contributed by atoms with Gasteiger partial charge in [0.25, 0.3) is 0 Å². The van der Waals surface area contributed by atoms with Crippen LogP contribution in [0.5, 0.6) is 0 Å². The highest BCUT2D eigenvalue weighted by atomic mass is 17.4. The minimum absolute atomic E-state index is 0.0256. The first-order valence-corrected chi connectivity index (χ1v) is 6.05. The van der Waals surface area contributed by atoms with Crippen LogP contribution in [0.1, 0.15) is 61.3 Å². The lowest BCUT2D eigenvalue weighted by atomic mass is 9.52. The summed E-state index contributed by atoms with van der Waals surface area (Å²) in [5.41, 5.74) is 0.491. The average molecular weight is 214 g/mol. The molecule has 1 heterocycles. The van der Waals surface area contributed by atoms with Gasteiger partial charge in [0.05, 0.1) is 0 Å². The van der Waals surface area contributed by atoms with Gasteiger partial charge in [-0.1, -0.05) is 61.3 Å². The van der Waals surface area contributed by atoms with E-state index in [1.807, 2.05) is 0 Å². The zero-order valence-corrected chi connectivity index (χ0v) is 11.3. The molecule has 0 N–H and O–H groups in total. The van der Waals surface area contributed by atoms with Crippen LogP contribution < -0.4 is 0 Å². The van der Waals surface area contributed by atoms with Crippen LogP contribution in [0.4, 0.5) is 0 Å². The maximum absolute atomic E-state index is 5.15. The molecule has 0 amide bonds. The van der Waals surface area contributed by atoms with E-state index in [0.29, 0.717) is 0 Å². The molecule has 15 heavy (non-hydrogen) atoms. The quantitative estimate of drug-likeness (QED) is 0.507. The summed E-state index contributed by atoms with van der Waals surface area (Å²) in [7, 11) is 0. The van der Waals surface area contributed by atoms with Gasteiger partial charge in [0.2, 0.25) is 6.29 Å². The Hall–Kier alpha value is -0.0800. The maximum atomic E-state index is 5.15. The van der Waals surface area contributed by atoms with Crippen LogP contribution in [0, 0.1) is 16.2 Å². The Kier molecular flexibility index (Phi) is 3.24. The molecule has 0 aromatic carbocycles. The van der Waals surface area contributed by atoms with Crippen LogP contribution in [0.2, 0.25) is 0 Å². The van der Waals surface area contributed by atoms with Crippen LogP contribution in [0.3, 0.4) is 0 Å². The van der Waals surface area contributed by atoms with Crippen LogP contribution in [0.25, 0.3) is 0 Å². The fraction of sp³-hybridized carbons (Fsp3) is 1.00. The van der Waals surface area contributed by atoms with E-state index < -0.39 is 0 Å². The third-order valence-electron chi connectivity index (χ3n) is 5.24.